The molecule has 8 heteroatoms. The maximum atomic E-state index is 13.4. The van der Waals surface area contributed by atoms with E-state index in [0.717, 1.165) is 34.7 Å². The third-order valence-electron chi connectivity index (χ3n) is 6.15. The Kier molecular flexibility index (Phi) is 6.62. The summed E-state index contributed by atoms with van der Waals surface area (Å²) in [6.07, 6.45) is 2.89. The molecule has 0 saturated carbocycles. The van der Waals surface area contributed by atoms with Crippen molar-refractivity contribution in [3.63, 3.8) is 0 Å². The van der Waals surface area contributed by atoms with Gasteiger partial charge in [0.15, 0.2) is 12.2 Å². The number of carbonyl (C=O) groups is 2. The molecule has 4 rings (SSSR count). The summed E-state index contributed by atoms with van der Waals surface area (Å²) in [7, 11) is 0. The van der Waals surface area contributed by atoms with Gasteiger partial charge in [-0.1, -0.05) is 43.3 Å². The molecule has 1 fully saturated rings. The van der Waals surface area contributed by atoms with Crippen LogP contribution < -0.4 is 5.32 Å². The molecule has 1 aliphatic heterocycles. The molecule has 33 heavy (non-hydrogen) atoms. The van der Waals surface area contributed by atoms with Crippen LogP contribution >= 0.6 is 0 Å². The fourth-order valence-electron chi connectivity index (χ4n) is 4.41. The van der Waals surface area contributed by atoms with E-state index in [1.165, 1.54) is 6.39 Å². The van der Waals surface area contributed by atoms with E-state index in [1.54, 1.807) is 11.0 Å². The van der Waals surface area contributed by atoms with Gasteiger partial charge in [0.25, 0.3) is 0 Å². The summed E-state index contributed by atoms with van der Waals surface area (Å²) < 4.78 is 10.8. The van der Waals surface area contributed by atoms with Crippen molar-refractivity contribution in [2.24, 2.45) is 5.92 Å². The molecule has 0 aliphatic carbocycles. The first kappa shape index (κ1) is 22.8. The van der Waals surface area contributed by atoms with Crippen LogP contribution in [0.3, 0.4) is 0 Å². The Labute approximate surface area is 193 Å². The van der Waals surface area contributed by atoms with E-state index in [9.17, 15) is 9.59 Å². The van der Waals surface area contributed by atoms with Crippen LogP contribution in [0.15, 0.2) is 45.7 Å². The van der Waals surface area contributed by atoms with Gasteiger partial charge in [0.1, 0.15) is 17.7 Å². The number of benzene rings is 1. The van der Waals surface area contributed by atoms with Gasteiger partial charge in [0, 0.05) is 24.7 Å². The summed E-state index contributed by atoms with van der Waals surface area (Å²) in [5, 5.41) is 6.94. The first-order valence-electron chi connectivity index (χ1n) is 11.4. The Bertz CT molecular complexity index is 1120. The Hall–Kier alpha value is -3.42. The van der Waals surface area contributed by atoms with Crippen molar-refractivity contribution in [3.8, 4) is 11.3 Å². The predicted octanol–water partition coefficient (Wildman–Crippen LogP) is 3.99. The van der Waals surface area contributed by atoms with Gasteiger partial charge in [-0.05, 0) is 38.2 Å². The fourth-order valence-corrected chi connectivity index (χ4v) is 4.41. The van der Waals surface area contributed by atoms with Crippen molar-refractivity contribution in [2.75, 3.05) is 6.54 Å². The maximum absolute atomic E-state index is 13.4. The number of nitrogens with one attached hydrogen (secondary N) is 1. The summed E-state index contributed by atoms with van der Waals surface area (Å²) in [5.41, 5.74) is 3.48. The quantitative estimate of drug-likeness (QED) is 0.584. The lowest BCUT2D eigenvalue weighted by Crippen LogP contribution is -2.47. The monoisotopic (exact) mass is 450 g/mol. The number of hydrogen-bond acceptors (Lipinski definition) is 6. The van der Waals surface area contributed by atoms with E-state index in [4.69, 9.17) is 8.94 Å². The summed E-state index contributed by atoms with van der Waals surface area (Å²) in [5.74, 6) is 0.665. The lowest BCUT2D eigenvalue weighted by atomic mass is 9.91. The fraction of sp³-hybridized carbons (Fsp3) is 0.440. The van der Waals surface area contributed by atoms with E-state index >= 15 is 0 Å². The van der Waals surface area contributed by atoms with Crippen molar-refractivity contribution in [1.29, 1.82) is 0 Å². The van der Waals surface area contributed by atoms with Crippen molar-refractivity contribution in [3.05, 3.63) is 59.4 Å². The number of nitrogens with zero attached hydrogens (tertiary/aromatic N) is 3. The molecule has 8 nitrogen and oxygen atoms in total. The molecule has 1 saturated heterocycles. The van der Waals surface area contributed by atoms with Crippen LogP contribution in [0.4, 0.5) is 0 Å². The van der Waals surface area contributed by atoms with E-state index in [2.05, 4.69) is 15.5 Å². The molecule has 0 radical (unpaired) electrons. The number of hydrogen-bond donors (Lipinski definition) is 1. The molecular weight excluding hydrogens is 420 g/mol. The lowest BCUT2D eigenvalue weighted by molar-refractivity contribution is -0.140. The molecular formula is C25H30N4O4. The summed E-state index contributed by atoms with van der Waals surface area (Å²) in [4.78, 5) is 32.2. The zero-order valence-corrected chi connectivity index (χ0v) is 19.5. The summed E-state index contributed by atoms with van der Waals surface area (Å²) >= 11 is 0. The third kappa shape index (κ3) is 4.84. The summed E-state index contributed by atoms with van der Waals surface area (Å²) in [6.45, 7) is 8.65. The second-order valence-corrected chi connectivity index (χ2v) is 8.96. The highest BCUT2D eigenvalue weighted by Gasteiger charge is 2.39. The first-order chi connectivity index (χ1) is 15.8. The highest BCUT2D eigenvalue weighted by Crippen LogP contribution is 2.31. The average molecular weight is 451 g/mol. The smallest absolute Gasteiger partial charge is 0.243 e. The van der Waals surface area contributed by atoms with Gasteiger partial charge < -0.3 is 19.2 Å². The average Bonchev–Trinajstić information content (AvgIpc) is 3.53. The van der Waals surface area contributed by atoms with Crippen LogP contribution in [0, 0.1) is 19.8 Å². The van der Waals surface area contributed by atoms with Crippen molar-refractivity contribution in [2.45, 2.75) is 59.0 Å². The largest absolute Gasteiger partial charge is 0.443 e. The summed E-state index contributed by atoms with van der Waals surface area (Å²) in [6, 6.07) is 9.14. The van der Waals surface area contributed by atoms with Gasteiger partial charge in [-0.2, -0.15) is 0 Å². The van der Waals surface area contributed by atoms with Gasteiger partial charge in [0.2, 0.25) is 11.8 Å². The Balaban J connectivity index is 1.40. The minimum Gasteiger partial charge on any atom is -0.443 e. The van der Waals surface area contributed by atoms with Gasteiger partial charge in [-0.25, -0.2) is 4.98 Å². The second kappa shape index (κ2) is 9.60. The van der Waals surface area contributed by atoms with Crippen LogP contribution in [0.2, 0.25) is 0 Å². The van der Waals surface area contributed by atoms with E-state index in [-0.39, 0.29) is 17.7 Å². The Morgan fingerprint density at radius 2 is 1.97 bits per heavy atom. The maximum Gasteiger partial charge on any atom is 0.243 e. The minimum absolute atomic E-state index is 0.0284. The van der Waals surface area contributed by atoms with E-state index < -0.39 is 12.0 Å². The molecule has 1 aliphatic rings. The minimum atomic E-state index is -0.473. The van der Waals surface area contributed by atoms with Gasteiger partial charge in [-0.3, -0.25) is 9.59 Å². The zero-order valence-electron chi connectivity index (χ0n) is 19.5. The normalized spacial score (nSPS) is 16.9. The number of rotatable bonds is 7. The van der Waals surface area contributed by atoms with Gasteiger partial charge in [0.05, 0.1) is 11.4 Å². The Morgan fingerprint density at radius 1 is 1.21 bits per heavy atom. The zero-order chi connectivity index (χ0) is 23.5. The van der Waals surface area contributed by atoms with Crippen molar-refractivity contribution in [1.82, 2.24) is 20.4 Å². The standard InChI is InChI=1S/C25H30N4O4/c1-15(2)22(21-12-16(3)28-33-21)25(31)29-11-5-6-20(29)24(30)26-13-18-7-9-19(10-8-18)23-17(4)27-14-32-23/h7-10,12,14-15,20,22H,5-6,11,13H2,1-4H3,(H,26,30). The number of likely N-dealkylation sites (tertiary alicyclic amines) is 1. The lowest BCUT2D eigenvalue weighted by Gasteiger charge is -2.28. The Morgan fingerprint density at radius 3 is 2.58 bits per heavy atom. The molecule has 1 aromatic carbocycles. The molecule has 2 atom stereocenters. The van der Waals surface area contributed by atoms with Crippen LogP contribution in [0.25, 0.3) is 11.3 Å². The van der Waals surface area contributed by atoms with Crippen molar-refractivity contribution < 1.29 is 18.5 Å². The van der Waals surface area contributed by atoms with Crippen LogP contribution in [0.5, 0.6) is 0 Å². The van der Waals surface area contributed by atoms with Crippen LogP contribution in [-0.2, 0) is 16.1 Å². The topological polar surface area (TPSA) is 101 Å². The first-order valence-corrected chi connectivity index (χ1v) is 11.4. The van der Waals surface area contributed by atoms with Gasteiger partial charge >= 0.3 is 0 Å². The molecule has 2 amide bonds. The van der Waals surface area contributed by atoms with E-state index in [1.807, 2.05) is 52.0 Å². The highest BCUT2D eigenvalue weighted by molar-refractivity contribution is 5.91. The number of carbonyl (C=O) groups excluding carboxylic acids is 2. The third-order valence-corrected chi connectivity index (χ3v) is 6.15. The predicted molar refractivity (Wildman–Crippen MR) is 122 cm³/mol. The number of oxazole rings is 1. The van der Waals surface area contributed by atoms with Crippen LogP contribution in [0.1, 0.15) is 55.3 Å². The molecule has 3 aromatic rings. The number of amides is 2. The SMILES string of the molecule is Cc1cc(C(C(=O)N2CCCC2C(=O)NCc2ccc(-c3ocnc3C)cc2)C(C)C)on1. The number of aromatic nitrogens is 2. The van der Waals surface area contributed by atoms with Crippen LogP contribution in [-0.4, -0.2) is 39.4 Å². The molecule has 0 spiro atoms. The molecule has 3 heterocycles. The molecule has 2 aromatic heterocycles. The molecule has 0 bridgehead atoms. The van der Waals surface area contributed by atoms with Gasteiger partial charge in [-0.15, -0.1) is 0 Å². The molecule has 1 N–H and O–H groups in total. The van der Waals surface area contributed by atoms with Crippen molar-refractivity contribution >= 4 is 11.8 Å². The highest BCUT2D eigenvalue weighted by atomic mass is 16.5. The molecule has 174 valence electrons. The van der Waals surface area contributed by atoms with E-state index in [0.29, 0.717) is 25.3 Å². The second-order valence-electron chi connectivity index (χ2n) is 8.96. The number of aryl methyl sites for hydroxylation is 2. The molecule has 2 unspecified atom stereocenters.